The van der Waals surface area contributed by atoms with Gasteiger partial charge in [0, 0.05) is 33.5 Å². The van der Waals surface area contributed by atoms with Crippen LogP contribution in [0.4, 0.5) is 17.3 Å². The zero-order valence-electron chi connectivity index (χ0n) is 30.2. The van der Waals surface area contributed by atoms with Crippen molar-refractivity contribution in [2.24, 2.45) is 0 Å². The number of imidazole rings is 1. The second-order valence-electron chi connectivity index (χ2n) is 14.0. The summed E-state index contributed by atoms with van der Waals surface area (Å²) in [5.41, 5.74) is 12.6. The zero-order chi connectivity index (χ0) is 37.0. The summed E-state index contributed by atoms with van der Waals surface area (Å²) in [6.45, 7) is 0. The smallest absolute Gasteiger partial charge is 0.220 e. The van der Waals surface area contributed by atoms with Crippen LogP contribution in [0.5, 0.6) is 0 Å². The Morgan fingerprint density at radius 2 is 0.839 bits per heavy atom. The van der Waals surface area contributed by atoms with E-state index in [1.807, 2.05) is 60.7 Å². The molecule has 0 spiro atoms. The van der Waals surface area contributed by atoms with Gasteiger partial charge in [0.1, 0.15) is 0 Å². The Bertz CT molecular complexity index is 3010. The van der Waals surface area contributed by atoms with Crippen LogP contribution >= 0.6 is 0 Å². The van der Waals surface area contributed by atoms with E-state index < -0.39 is 0 Å². The summed E-state index contributed by atoms with van der Waals surface area (Å²) in [5.74, 6) is 2.78. The van der Waals surface area contributed by atoms with Gasteiger partial charge in [-0.1, -0.05) is 152 Å². The minimum atomic E-state index is 0.635. The molecule has 3 heterocycles. The highest BCUT2D eigenvalue weighted by atomic mass is 15.3. The Labute approximate surface area is 323 Å². The van der Waals surface area contributed by atoms with E-state index in [0.717, 1.165) is 67.4 Å². The fourth-order valence-corrected chi connectivity index (χ4v) is 7.84. The maximum Gasteiger partial charge on any atom is 0.220 e. The highest BCUT2D eigenvalue weighted by Crippen LogP contribution is 2.49. The number of para-hydroxylation sites is 3. The Balaban J connectivity index is 1.00. The molecule has 0 saturated heterocycles. The first-order valence-electron chi connectivity index (χ1n) is 18.7. The van der Waals surface area contributed by atoms with E-state index in [2.05, 4.69) is 143 Å². The molecule has 0 bridgehead atoms. The zero-order valence-corrected chi connectivity index (χ0v) is 30.2. The molecular formula is C50H32N6. The first kappa shape index (κ1) is 31.8. The summed E-state index contributed by atoms with van der Waals surface area (Å²) in [6, 6.07) is 67.6. The number of rotatable bonds is 5. The Kier molecular flexibility index (Phi) is 7.38. The lowest BCUT2D eigenvalue weighted by Gasteiger charge is -2.25. The van der Waals surface area contributed by atoms with E-state index in [0.29, 0.717) is 17.5 Å². The molecule has 11 rings (SSSR count). The Morgan fingerprint density at radius 1 is 0.339 bits per heavy atom. The normalized spacial score (nSPS) is 11.9. The van der Waals surface area contributed by atoms with Crippen LogP contribution in [-0.2, 0) is 0 Å². The second-order valence-corrected chi connectivity index (χ2v) is 14.0. The number of aromatic nitrogens is 5. The van der Waals surface area contributed by atoms with Crippen LogP contribution < -0.4 is 4.90 Å². The summed E-state index contributed by atoms with van der Waals surface area (Å²) in [4.78, 5) is 22.3. The molecule has 262 valence electrons. The summed E-state index contributed by atoms with van der Waals surface area (Å²) in [6.07, 6.45) is 0. The average Bonchev–Trinajstić information content (AvgIpc) is 3.61. The third-order valence-electron chi connectivity index (χ3n) is 10.6. The minimum Gasteiger partial charge on any atom is -0.280 e. The van der Waals surface area contributed by atoms with Crippen molar-refractivity contribution in [1.82, 2.24) is 24.5 Å². The van der Waals surface area contributed by atoms with Gasteiger partial charge in [-0.25, -0.2) is 19.9 Å². The molecule has 0 aliphatic carbocycles. The topological polar surface area (TPSA) is 59.7 Å². The third-order valence-corrected chi connectivity index (χ3v) is 10.6. The summed E-state index contributed by atoms with van der Waals surface area (Å²) in [5, 5.41) is 2.38. The SMILES string of the molecule is c1ccc(-c2nc(-c3ccccc3)nc(-c3ccc(-c4ccc(N5c6cc7ccccc7cc6-c6ccccc6-n6c5nc5ccccc56)cc4)cc3)n2)cc1. The van der Waals surface area contributed by atoms with E-state index in [9.17, 15) is 0 Å². The van der Waals surface area contributed by atoms with Gasteiger partial charge in [-0.2, -0.15) is 0 Å². The van der Waals surface area contributed by atoms with Gasteiger partial charge in [0.15, 0.2) is 17.5 Å². The molecule has 6 nitrogen and oxygen atoms in total. The fraction of sp³-hybridized carbons (Fsp3) is 0. The first-order valence-corrected chi connectivity index (χ1v) is 18.7. The molecule has 0 saturated carbocycles. The molecule has 0 amide bonds. The number of anilines is 3. The van der Waals surface area contributed by atoms with Crippen molar-refractivity contribution >= 4 is 39.1 Å². The predicted octanol–water partition coefficient (Wildman–Crippen LogP) is 12.5. The van der Waals surface area contributed by atoms with Crippen LogP contribution in [0.15, 0.2) is 194 Å². The molecule has 6 heteroatoms. The van der Waals surface area contributed by atoms with Gasteiger partial charge in [-0.3, -0.25) is 9.47 Å². The van der Waals surface area contributed by atoms with Gasteiger partial charge in [0.2, 0.25) is 5.95 Å². The number of nitrogens with zero attached hydrogens (tertiary/aromatic N) is 6. The maximum absolute atomic E-state index is 5.29. The molecular weight excluding hydrogens is 685 g/mol. The highest BCUT2D eigenvalue weighted by Gasteiger charge is 2.29. The average molecular weight is 717 g/mol. The molecule has 56 heavy (non-hydrogen) atoms. The van der Waals surface area contributed by atoms with Gasteiger partial charge in [-0.15, -0.1) is 0 Å². The first-order chi connectivity index (χ1) is 27.7. The van der Waals surface area contributed by atoms with Crippen molar-refractivity contribution in [3.05, 3.63) is 194 Å². The van der Waals surface area contributed by atoms with Crippen LogP contribution in [0.25, 0.3) is 83.9 Å². The Hall–Kier alpha value is -7.70. The van der Waals surface area contributed by atoms with Gasteiger partial charge >= 0.3 is 0 Å². The molecule has 10 aromatic rings. The number of benzene rings is 8. The van der Waals surface area contributed by atoms with Crippen molar-refractivity contribution in [1.29, 1.82) is 0 Å². The number of hydrogen-bond donors (Lipinski definition) is 0. The molecule has 0 unspecified atom stereocenters. The molecule has 2 aromatic heterocycles. The summed E-state index contributed by atoms with van der Waals surface area (Å²) in [7, 11) is 0. The lowest BCUT2D eigenvalue weighted by Crippen LogP contribution is -2.14. The quantitative estimate of drug-likeness (QED) is 0.177. The van der Waals surface area contributed by atoms with Crippen molar-refractivity contribution in [2.45, 2.75) is 0 Å². The predicted molar refractivity (Wildman–Crippen MR) is 227 cm³/mol. The fourth-order valence-electron chi connectivity index (χ4n) is 7.84. The maximum atomic E-state index is 5.29. The third kappa shape index (κ3) is 5.35. The lowest BCUT2D eigenvalue weighted by molar-refractivity contribution is 1.05. The van der Waals surface area contributed by atoms with Crippen molar-refractivity contribution in [2.75, 3.05) is 4.90 Å². The van der Waals surface area contributed by atoms with Gasteiger partial charge in [0.05, 0.1) is 22.4 Å². The molecule has 1 aliphatic heterocycles. The minimum absolute atomic E-state index is 0.635. The van der Waals surface area contributed by atoms with Crippen molar-refractivity contribution in [3.63, 3.8) is 0 Å². The van der Waals surface area contributed by atoms with E-state index in [1.165, 1.54) is 16.3 Å². The number of fused-ring (bicyclic) bond motifs is 8. The Morgan fingerprint density at radius 3 is 1.50 bits per heavy atom. The van der Waals surface area contributed by atoms with Gasteiger partial charge < -0.3 is 0 Å². The van der Waals surface area contributed by atoms with Crippen LogP contribution in [0.1, 0.15) is 0 Å². The van der Waals surface area contributed by atoms with Crippen molar-refractivity contribution in [3.8, 4) is 62.1 Å². The summed E-state index contributed by atoms with van der Waals surface area (Å²) >= 11 is 0. The molecule has 8 aromatic carbocycles. The van der Waals surface area contributed by atoms with Crippen LogP contribution in [-0.4, -0.2) is 24.5 Å². The molecule has 0 radical (unpaired) electrons. The van der Waals surface area contributed by atoms with Crippen molar-refractivity contribution < 1.29 is 0 Å². The van der Waals surface area contributed by atoms with E-state index in [-0.39, 0.29) is 0 Å². The largest absolute Gasteiger partial charge is 0.280 e. The molecule has 0 fully saturated rings. The second kappa shape index (κ2) is 13.0. The molecule has 0 N–H and O–H groups in total. The number of hydrogen-bond acceptors (Lipinski definition) is 5. The lowest BCUT2D eigenvalue weighted by atomic mass is 9.97. The standard InChI is InChI=1S/C50H32N6/c1-3-13-35(14-4-1)47-52-48(36-15-5-2-6-16-36)54-49(53-47)37-25-23-33(24-26-37)34-27-29-40(30-28-34)55-46-32-39-18-8-7-17-38(39)31-42(46)41-19-9-11-21-44(41)56-45-22-12-10-20-43(45)51-50(55)56/h1-32H. The highest BCUT2D eigenvalue weighted by molar-refractivity contribution is 6.02. The van der Waals surface area contributed by atoms with E-state index in [4.69, 9.17) is 19.9 Å². The van der Waals surface area contributed by atoms with Gasteiger partial charge in [0.25, 0.3) is 0 Å². The van der Waals surface area contributed by atoms with E-state index >= 15 is 0 Å². The molecule has 1 aliphatic rings. The van der Waals surface area contributed by atoms with Crippen LogP contribution in [0.3, 0.4) is 0 Å². The van der Waals surface area contributed by atoms with Crippen LogP contribution in [0.2, 0.25) is 0 Å². The molecule has 0 atom stereocenters. The van der Waals surface area contributed by atoms with Gasteiger partial charge in [-0.05, 0) is 64.4 Å². The summed E-state index contributed by atoms with van der Waals surface area (Å²) < 4.78 is 2.30. The van der Waals surface area contributed by atoms with E-state index in [1.54, 1.807) is 0 Å². The monoisotopic (exact) mass is 716 g/mol. The van der Waals surface area contributed by atoms with Crippen LogP contribution in [0, 0.1) is 0 Å².